The monoisotopic (exact) mass is 521 g/mol. The Balaban J connectivity index is 0.00000420. The van der Waals surface area contributed by atoms with Crippen LogP contribution in [0.15, 0.2) is 23.2 Å². The van der Waals surface area contributed by atoms with E-state index in [1.54, 1.807) is 21.3 Å². The number of ether oxygens (including phenoxy) is 4. The Kier molecular flexibility index (Phi) is 13.0. The molecule has 1 aromatic carbocycles. The third-order valence-electron chi connectivity index (χ3n) is 4.96. The summed E-state index contributed by atoms with van der Waals surface area (Å²) in [6.45, 7) is 4.22. The number of halogens is 1. The van der Waals surface area contributed by atoms with Crippen LogP contribution in [0.25, 0.3) is 0 Å². The Morgan fingerprint density at radius 2 is 1.90 bits per heavy atom. The normalized spacial score (nSPS) is 15.0. The molecule has 0 spiro atoms. The summed E-state index contributed by atoms with van der Waals surface area (Å²) < 4.78 is 21.8. The highest BCUT2D eigenvalue weighted by molar-refractivity contribution is 14.0. The fourth-order valence-corrected chi connectivity index (χ4v) is 3.41. The van der Waals surface area contributed by atoms with Crippen LogP contribution in [0.5, 0.6) is 11.5 Å². The lowest BCUT2D eigenvalue weighted by Crippen LogP contribution is -2.47. The summed E-state index contributed by atoms with van der Waals surface area (Å²) >= 11 is 0. The molecule has 0 aromatic heterocycles. The summed E-state index contributed by atoms with van der Waals surface area (Å²) in [5.41, 5.74) is 1.12. The molecule has 1 fully saturated rings. The van der Waals surface area contributed by atoms with Gasteiger partial charge in [0, 0.05) is 47.0 Å². The van der Waals surface area contributed by atoms with Gasteiger partial charge in [-0.1, -0.05) is 0 Å². The van der Waals surface area contributed by atoms with Gasteiger partial charge in [-0.05, 0) is 49.4 Å². The number of likely N-dealkylation sites (tertiary alicyclic amines) is 1. The van der Waals surface area contributed by atoms with Gasteiger partial charge in [0.25, 0.3) is 0 Å². The largest absolute Gasteiger partial charge is 0.497 e. The minimum absolute atomic E-state index is 0. The second-order valence-electron chi connectivity index (χ2n) is 6.81. The Morgan fingerprint density at radius 3 is 2.52 bits per heavy atom. The third-order valence-corrected chi connectivity index (χ3v) is 4.96. The highest BCUT2D eigenvalue weighted by Gasteiger charge is 2.21. The zero-order chi connectivity index (χ0) is 20.2. The number of piperidine rings is 1. The molecule has 166 valence electrons. The molecule has 0 aliphatic carbocycles. The van der Waals surface area contributed by atoms with Crippen molar-refractivity contribution in [3.8, 4) is 11.5 Å². The number of nitrogens with one attached hydrogen (secondary N) is 1. The lowest BCUT2D eigenvalue weighted by molar-refractivity contribution is 0.00991. The molecule has 1 N–H and O–H groups in total. The number of aliphatic imine (C=N–C) groups is 1. The van der Waals surface area contributed by atoms with Crippen LogP contribution in [0.4, 0.5) is 0 Å². The van der Waals surface area contributed by atoms with Crippen molar-refractivity contribution in [1.82, 2.24) is 10.2 Å². The number of hydrogen-bond acceptors (Lipinski definition) is 5. The minimum atomic E-state index is 0. The van der Waals surface area contributed by atoms with Crippen LogP contribution < -0.4 is 14.8 Å². The molecule has 0 saturated carbocycles. The smallest absolute Gasteiger partial charge is 0.193 e. The lowest BCUT2D eigenvalue weighted by atomic mass is 10.1. The van der Waals surface area contributed by atoms with E-state index in [2.05, 4.69) is 15.2 Å². The fraction of sp³-hybridized carbons (Fsp3) is 0.667. The maximum atomic E-state index is 5.94. The molecule has 1 aliphatic heterocycles. The van der Waals surface area contributed by atoms with E-state index in [9.17, 15) is 0 Å². The number of benzene rings is 1. The van der Waals surface area contributed by atoms with Crippen molar-refractivity contribution in [3.05, 3.63) is 23.8 Å². The summed E-state index contributed by atoms with van der Waals surface area (Å²) in [6.07, 6.45) is 4.17. The maximum Gasteiger partial charge on any atom is 0.193 e. The summed E-state index contributed by atoms with van der Waals surface area (Å²) in [4.78, 5) is 6.75. The van der Waals surface area contributed by atoms with Gasteiger partial charge < -0.3 is 29.2 Å². The molecule has 1 saturated heterocycles. The first-order chi connectivity index (χ1) is 13.7. The number of methoxy groups -OCH3 is 3. The number of guanidine groups is 1. The topological polar surface area (TPSA) is 64.6 Å². The third kappa shape index (κ3) is 8.55. The van der Waals surface area contributed by atoms with Crippen molar-refractivity contribution in [2.24, 2.45) is 4.99 Å². The number of nitrogens with zero attached hydrogens (tertiary/aromatic N) is 2. The van der Waals surface area contributed by atoms with Crippen molar-refractivity contribution in [1.29, 1.82) is 0 Å². The molecule has 0 unspecified atom stereocenters. The Labute approximate surface area is 192 Å². The molecule has 0 radical (unpaired) electrons. The van der Waals surface area contributed by atoms with Gasteiger partial charge in [0.15, 0.2) is 5.96 Å². The van der Waals surface area contributed by atoms with E-state index in [1.165, 1.54) is 0 Å². The molecule has 0 atom stereocenters. The number of rotatable bonds is 10. The second kappa shape index (κ2) is 14.7. The van der Waals surface area contributed by atoms with Crippen molar-refractivity contribution in [2.75, 3.05) is 61.2 Å². The fourth-order valence-electron chi connectivity index (χ4n) is 3.41. The summed E-state index contributed by atoms with van der Waals surface area (Å²) in [5.74, 6) is 2.66. The van der Waals surface area contributed by atoms with Crippen molar-refractivity contribution >= 4 is 29.9 Å². The van der Waals surface area contributed by atoms with E-state index >= 15 is 0 Å². The molecule has 0 amide bonds. The Bertz CT molecular complexity index is 608. The summed E-state index contributed by atoms with van der Waals surface area (Å²) in [7, 11) is 6.93. The van der Waals surface area contributed by atoms with E-state index in [0.717, 1.165) is 81.6 Å². The predicted molar refractivity (Wildman–Crippen MR) is 127 cm³/mol. The van der Waals surface area contributed by atoms with Crippen molar-refractivity contribution in [2.45, 2.75) is 31.8 Å². The Morgan fingerprint density at radius 1 is 1.14 bits per heavy atom. The molecule has 8 heteroatoms. The zero-order valence-electron chi connectivity index (χ0n) is 18.1. The maximum absolute atomic E-state index is 5.94. The van der Waals surface area contributed by atoms with Crippen molar-refractivity contribution < 1.29 is 18.9 Å². The Hall–Kier alpha value is -1.26. The zero-order valence-corrected chi connectivity index (χ0v) is 20.4. The lowest BCUT2D eigenvalue weighted by Gasteiger charge is -2.34. The van der Waals surface area contributed by atoms with Crippen LogP contribution in [-0.2, 0) is 15.9 Å². The molecule has 0 bridgehead atoms. The van der Waals surface area contributed by atoms with Gasteiger partial charge in [0.05, 0.1) is 20.3 Å². The summed E-state index contributed by atoms with van der Waals surface area (Å²) in [5, 5.41) is 3.47. The first kappa shape index (κ1) is 25.8. The molecule has 2 rings (SSSR count). The molecule has 29 heavy (non-hydrogen) atoms. The van der Waals surface area contributed by atoms with Gasteiger partial charge in [0.2, 0.25) is 0 Å². The molecular formula is C21H36IN3O4. The van der Waals surface area contributed by atoms with Crippen molar-refractivity contribution in [3.63, 3.8) is 0 Å². The van der Waals surface area contributed by atoms with E-state index in [1.807, 2.05) is 25.2 Å². The summed E-state index contributed by atoms with van der Waals surface area (Å²) in [6, 6.07) is 5.88. The van der Waals surface area contributed by atoms with Gasteiger partial charge in [-0.15, -0.1) is 24.0 Å². The van der Waals surface area contributed by atoms with E-state index < -0.39 is 0 Å². The molecule has 1 heterocycles. The van der Waals surface area contributed by atoms with E-state index in [0.29, 0.717) is 6.10 Å². The van der Waals surface area contributed by atoms with Crippen LogP contribution in [0.3, 0.4) is 0 Å². The second-order valence-corrected chi connectivity index (χ2v) is 6.81. The van der Waals surface area contributed by atoms with Gasteiger partial charge in [-0.3, -0.25) is 4.99 Å². The highest BCUT2D eigenvalue weighted by Crippen LogP contribution is 2.24. The average Bonchev–Trinajstić information content (AvgIpc) is 2.74. The molecule has 1 aromatic rings. The molecule has 7 nitrogen and oxygen atoms in total. The van der Waals surface area contributed by atoms with Gasteiger partial charge in [-0.2, -0.15) is 0 Å². The SMILES string of the molecule is CN=C(NCCc1cc(OC)ccc1OC)N1CCC(OCCCOC)CC1.I. The average molecular weight is 521 g/mol. The quantitative estimate of drug-likeness (QED) is 0.221. The van der Waals surface area contributed by atoms with E-state index in [4.69, 9.17) is 18.9 Å². The van der Waals surface area contributed by atoms with Gasteiger partial charge in [-0.25, -0.2) is 0 Å². The van der Waals surface area contributed by atoms with Crippen LogP contribution in [0.1, 0.15) is 24.8 Å². The predicted octanol–water partition coefficient (Wildman–Crippen LogP) is 2.96. The first-order valence-corrected chi connectivity index (χ1v) is 9.98. The van der Waals surface area contributed by atoms with Crippen LogP contribution in [0, 0.1) is 0 Å². The van der Waals surface area contributed by atoms with Crippen LogP contribution in [0.2, 0.25) is 0 Å². The number of hydrogen-bond donors (Lipinski definition) is 1. The molecular weight excluding hydrogens is 485 g/mol. The van der Waals surface area contributed by atoms with Crippen LogP contribution >= 0.6 is 24.0 Å². The van der Waals surface area contributed by atoms with Crippen LogP contribution in [-0.4, -0.2) is 78.2 Å². The standard InChI is InChI=1S/C21H35N3O4.HI/c1-22-21(24-12-9-18(10-13-24)28-15-5-14-25-2)23-11-8-17-16-19(26-3)6-7-20(17)27-4;/h6-7,16,18H,5,8-15H2,1-4H3,(H,22,23);1H. The van der Waals surface area contributed by atoms with Gasteiger partial charge >= 0.3 is 0 Å². The first-order valence-electron chi connectivity index (χ1n) is 9.98. The van der Waals surface area contributed by atoms with Gasteiger partial charge in [0.1, 0.15) is 11.5 Å². The molecule has 1 aliphatic rings. The van der Waals surface area contributed by atoms with E-state index in [-0.39, 0.29) is 24.0 Å². The minimum Gasteiger partial charge on any atom is -0.497 e. The highest BCUT2D eigenvalue weighted by atomic mass is 127.